The molecule has 0 amide bonds. The first kappa shape index (κ1) is 14.5. The molecule has 4 unspecified atom stereocenters. The molecule has 0 radical (unpaired) electrons. The molecule has 0 aliphatic heterocycles. The largest absolute Gasteiger partial charge is 0.462 e. The fourth-order valence-electron chi connectivity index (χ4n) is 3.20. The van der Waals surface area contributed by atoms with Gasteiger partial charge in [0.15, 0.2) is 0 Å². The molecule has 100 valence electrons. The molecule has 0 N–H and O–H groups in total. The number of carbonyl (C=O) groups excluding carboxylic acids is 1. The predicted octanol–water partition coefficient (Wildman–Crippen LogP) is 4.04. The van der Waals surface area contributed by atoms with Crippen molar-refractivity contribution >= 4 is 5.97 Å². The van der Waals surface area contributed by atoms with Crippen LogP contribution >= 0.6 is 0 Å². The summed E-state index contributed by atoms with van der Waals surface area (Å²) in [7, 11) is 0. The maximum absolute atomic E-state index is 11.2. The normalized spacial score (nSPS) is 31.3. The topological polar surface area (TPSA) is 26.3 Å². The predicted molar refractivity (Wildman–Crippen MR) is 70.7 cm³/mol. The van der Waals surface area contributed by atoms with Crippen molar-refractivity contribution in [1.82, 2.24) is 0 Å². The van der Waals surface area contributed by atoms with E-state index in [1.165, 1.54) is 26.2 Å². The third kappa shape index (κ3) is 4.01. The van der Waals surface area contributed by atoms with E-state index >= 15 is 0 Å². The molecular weight excluding hydrogens is 212 g/mol. The molecule has 2 heteroatoms. The Morgan fingerprint density at radius 2 is 2.00 bits per heavy atom. The molecule has 0 aromatic heterocycles. The van der Waals surface area contributed by atoms with Crippen LogP contribution in [0.3, 0.4) is 0 Å². The molecule has 1 aliphatic carbocycles. The molecule has 1 aliphatic rings. The van der Waals surface area contributed by atoms with E-state index in [4.69, 9.17) is 4.74 Å². The molecule has 2 nitrogen and oxygen atoms in total. The lowest BCUT2D eigenvalue weighted by Crippen LogP contribution is -2.36. The Hall–Kier alpha value is -0.530. The number of hydrogen-bond acceptors (Lipinski definition) is 2. The van der Waals surface area contributed by atoms with Crippen molar-refractivity contribution in [3.8, 4) is 0 Å². The van der Waals surface area contributed by atoms with Crippen LogP contribution < -0.4 is 0 Å². The van der Waals surface area contributed by atoms with E-state index in [2.05, 4.69) is 27.7 Å². The molecule has 4 atom stereocenters. The fourth-order valence-corrected chi connectivity index (χ4v) is 3.20. The van der Waals surface area contributed by atoms with Gasteiger partial charge in [0.05, 0.1) is 0 Å². The lowest BCUT2D eigenvalue weighted by molar-refractivity contribution is -0.151. The molecule has 0 heterocycles. The first-order valence-electron chi connectivity index (χ1n) is 7.12. The highest BCUT2D eigenvalue weighted by atomic mass is 16.5. The summed E-state index contributed by atoms with van der Waals surface area (Å²) in [5.74, 6) is 2.68. The van der Waals surface area contributed by atoms with E-state index < -0.39 is 0 Å². The third-order valence-electron chi connectivity index (χ3n) is 4.44. The van der Waals surface area contributed by atoms with Gasteiger partial charge in [-0.25, -0.2) is 0 Å². The van der Waals surface area contributed by atoms with Crippen LogP contribution in [0.2, 0.25) is 0 Å². The SMILES string of the molecule is CCC(OC(C)=O)C1CC(C(C)C)CCC1C. The van der Waals surface area contributed by atoms with Crippen molar-refractivity contribution in [3.05, 3.63) is 0 Å². The lowest BCUT2D eigenvalue weighted by Gasteiger charge is -2.39. The standard InChI is InChI=1S/C15H28O2/c1-6-15(17-12(5)16)14-9-13(10(2)3)8-7-11(14)4/h10-11,13-15H,6-9H2,1-5H3. The van der Waals surface area contributed by atoms with Gasteiger partial charge in [0.2, 0.25) is 0 Å². The number of esters is 1. The Morgan fingerprint density at radius 1 is 1.35 bits per heavy atom. The molecule has 0 bridgehead atoms. The Kier molecular flexibility index (Phi) is 5.48. The van der Waals surface area contributed by atoms with Crippen LogP contribution in [0.1, 0.15) is 60.3 Å². The van der Waals surface area contributed by atoms with Gasteiger partial charge in [-0.3, -0.25) is 4.79 Å². The van der Waals surface area contributed by atoms with Gasteiger partial charge in [-0.05, 0) is 42.9 Å². The van der Waals surface area contributed by atoms with Gasteiger partial charge in [0, 0.05) is 6.92 Å². The second-order valence-electron chi connectivity index (χ2n) is 6.01. The van der Waals surface area contributed by atoms with Gasteiger partial charge in [-0.1, -0.05) is 34.1 Å². The zero-order chi connectivity index (χ0) is 13.0. The summed E-state index contributed by atoms with van der Waals surface area (Å²) < 4.78 is 5.50. The first-order valence-corrected chi connectivity index (χ1v) is 7.12. The highest BCUT2D eigenvalue weighted by molar-refractivity contribution is 5.66. The summed E-state index contributed by atoms with van der Waals surface area (Å²) in [6, 6.07) is 0. The average molecular weight is 240 g/mol. The maximum atomic E-state index is 11.2. The molecule has 0 aromatic rings. The van der Waals surface area contributed by atoms with E-state index in [1.807, 2.05) is 0 Å². The number of ether oxygens (including phenoxy) is 1. The minimum Gasteiger partial charge on any atom is -0.462 e. The van der Waals surface area contributed by atoms with Gasteiger partial charge in [0.1, 0.15) is 6.10 Å². The van der Waals surface area contributed by atoms with Gasteiger partial charge in [0.25, 0.3) is 0 Å². The zero-order valence-electron chi connectivity index (χ0n) is 12.0. The first-order chi connectivity index (χ1) is 7.95. The second kappa shape index (κ2) is 6.42. The summed E-state index contributed by atoms with van der Waals surface area (Å²) in [6.07, 6.45) is 4.92. The fraction of sp³-hybridized carbons (Fsp3) is 0.933. The van der Waals surface area contributed by atoms with Crippen molar-refractivity contribution in [2.75, 3.05) is 0 Å². The zero-order valence-corrected chi connectivity index (χ0v) is 12.0. The Morgan fingerprint density at radius 3 is 2.47 bits per heavy atom. The minimum absolute atomic E-state index is 0.129. The molecule has 1 saturated carbocycles. The van der Waals surface area contributed by atoms with E-state index in [-0.39, 0.29) is 12.1 Å². The van der Waals surface area contributed by atoms with E-state index in [0.29, 0.717) is 11.8 Å². The highest BCUT2D eigenvalue weighted by Crippen LogP contribution is 2.40. The summed E-state index contributed by atoms with van der Waals surface area (Å²) >= 11 is 0. The van der Waals surface area contributed by atoms with Crippen molar-refractivity contribution in [2.45, 2.75) is 66.4 Å². The van der Waals surface area contributed by atoms with Crippen LogP contribution in [-0.2, 0) is 9.53 Å². The third-order valence-corrected chi connectivity index (χ3v) is 4.44. The van der Waals surface area contributed by atoms with Crippen LogP contribution in [0, 0.1) is 23.7 Å². The maximum Gasteiger partial charge on any atom is 0.302 e. The summed E-state index contributed by atoms with van der Waals surface area (Å²) in [5.41, 5.74) is 0. The smallest absolute Gasteiger partial charge is 0.302 e. The van der Waals surface area contributed by atoms with Crippen molar-refractivity contribution < 1.29 is 9.53 Å². The summed E-state index contributed by atoms with van der Waals surface area (Å²) in [4.78, 5) is 11.2. The van der Waals surface area contributed by atoms with Gasteiger partial charge >= 0.3 is 5.97 Å². The molecule has 0 saturated heterocycles. The Labute approximate surface area is 106 Å². The van der Waals surface area contributed by atoms with Crippen LogP contribution in [-0.4, -0.2) is 12.1 Å². The van der Waals surface area contributed by atoms with Crippen LogP contribution in [0.15, 0.2) is 0 Å². The number of hydrogen-bond donors (Lipinski definition) is 0. The molecule has 1 rings (SSSR count). The highest BCUT2D eigenvalue weighted by Gasteiger charge is 2.35. The molecular formula is C15H28O2. The second-order valence-corrected chi connectivity index (χ2v) is 6.01. The lowest BCUT2D eigenvalue weighted by atomic mass is 9.69. The van der Waals surface area contributed by atoms with Gasteiger partial charge < -0.3 is 4.74 Å². The average Bonchev–Trinajstić information content (AvgIpc) is 2.26. The van der Waals surface area contributed by atoms with Crippen molar-refractivity contribution in [1.29, 1.82) is 0 Å². The minimum atomic E-state index is -0.129. The molecule has 17 heavy (non-hydrogen) atoms. The van der Waals surface area contributed by atoms with E-state index in [0.717, 1.165) is 18.3 Å². The molecule has 0 spiro atoms. The van der Waals surface area contributed by atoms with Crippen LogP contribution in [0.25, 0.3) is 0 Å². The molecule has 1 fully saturated rings. The molecule has 0 aromatic carbocycles. The van der Waals surface area contributed by atoms with Crippen LogP contribution in [0.4, 0.5) is 0 Å². The van der Waals surface area contributed by atoms with Gasteiger partial charge in [-0.15, -0.1) is 0 Å². The summed E-state index contributed by atoms with van der Waals surface area (Å²) in [6.45, 7) is 10.6. The van der Waals surface area contributed by atoms with E-state index in [9.17, 15) is 4.79 Å². The quantitative estimate of drug-likeness (QED) is 0.693. The summed E-state index contributed by atoms with van der Waals surface area (Å²) in [5, 5.41) is 0. The van der Waals surface area contributed by atoms with Crippen molar-refractivity contribution in [3.63, 3.8) is 0 Å². The van der Waals surface area contributed by atoms with E-state index in [1.54, 1.807) is 0 Å². The monoisotopic (exact) mass is 240 g/mol. The Bertz CT molecular complexity index is 247. The van der Waals surface area contributed by atoms with Crippen molar-refractivity contribution in [2.24, 2.45) is 23.7 Å². The number of carbonyl (C=O) groups is 1. The Balaban J connectivity index is 2.66. The van der Waals surface area contributed by atoms with Gasteiger partial charge in [-0.2, -0.15) is 0 Å². The van der Waals surface area contributed by atoms with Crippen LogP contribution in [0.5, 0.6) is 0 Å². The number of rotatable bonds is 4.